The van der Waals surface area contributed by atoms with Gasteiger partial charge in [-0.15, -0.1) is 22.7 Å². The Hall–Kier alpha value is -2.53. The summed E-state index contributed by atoms with van der Waals surface area (Å²) >= 11 is 2.35. The Bertz CT molecular complexity index is 1150. The molecule has 1 saturated heterocycles. The zero-order chi connectivity index (χ0) is 22.3. The lowest BCUT2D eigenvalue weighted by atomic mass is 9.95. The fraction of sp³-hybridized carbons (Fsp3) is 0.400. The lowest BCUT2D eigenvalue weighted by Crippen LogP contribution is -2.41. The summed E-state index contributed by atoms with van der Waals surface area (Å²) in [6.07, 6.45) is -3.50. The number of carbonyl (C=O) groups excluding carboxylic acids is 2. The third-order valence-corrected chi connectivity index (χ3v) is 7.36. The summed E-state index contributed by atoms with van der Waals surface area (Å²) < 4.78 is 38.8. The van der Waals surface area contributed by atoms with Crippen molar-refractivity contribution in [3.8, 4) is 0 Å². The number of amides is 2. The van der Waals surface area contributed by atoms with E-state index in [9.17, 15) is 22.8 Å². The van der Waals surface area contributed by atoms with Gasteiger partial charge >= 0.3 is 6.18 Å². The summed E-state index contributed by atoms with van der Waals surface area (Å²) in [5, 5.41) is 5.79. The number of likely N-dealkylation sites (tertiary alicyclic amines) is 1. The van der Waals surface area contributed by atoms with Crippen LogP contribution in [0.5, 0.6) is 0 Å². The van der Waals surface area contributed by atoms with Gasteiger partial charge in [-0.1, -0.05) is 0 Å². The monoisotopic (exact) mass is 468 g/mol. The molecular formula is C20H19F3N4O2S2. The Balaban J connectivity index is 1.44. The molecule has 0 radical (unpaired) electrons. The number of thiazole rings is 1. The maximum atomic E-state index is 13.0. The molecule has 31 heavy (non-hydrogen) atoms. The zero-order valence-corrected chi connectivity index (χ0v) is 18.4. The van der Waals surface area contributed by atoms with Crippen molar-refractivity contribution in [2.75, 3.05) is 18.4 Å². The van der Waals surface area contributed by atoms with E-state index < -0.39 is 11.9 Å². The molecule has 11 heteroatoms. The first kappa shape index (κ1) is 21.7. The van der Waals surface area contributed by atoms with Gasteiger partial charge in [0, 0.05) is 29.8 Å². The number of nitrogens with zero attached hydrogens (tertiary/aromatic N) is 3. The van der Waals surface area contributed by atoms with Crippen molar-refractivity contribution >= 4 is 49.8 Å². The highest BCUT2D eigenvalue weighted by atomic mass is 32.1. The Kier molecular flexibility index (Phi) is 5.73. The maximum Gasteiger partial charge on any atom is 0.433 e. The molecule has 2 amide bonds. The van der Waals surface area contributed by atoms with Gasteiger partial charge in [-0.2, -0.15) is 13.2 Å². The van der Waals surface area contributed by atoms with Crippen molar-refractivity contribution in [1.82, 2.24) is 14.9 Å². The van der Waals surface area contributed by atoms with Crippen molar-refractivity contribution < 1.29 is 22.8 Å². The minimum Gasteiger partial charge on any atom is -0.338 e. The molecular weight excluding hydrogens is 449 g/mol. The van der Waals surface area contributed by atoms with Gasteiger partial charge in [-0.25, -0.2) is 9.97 Å². The molecule has 0 spiro atoms. The van der Waals surface area contributed by atoms with Crippen LogP contribution in [0.1, 0.15) is 39.5 Å². The van der Waals surface area contributed by atoms with Crippen LogP contribution in [0.3, 0.4) is 0 Å². The van der Waals surface area contributed by atoms with Crippen molar-refractivity contribution in [3.05, 3.63) is 39.3 Å². The van der Waals surface area contributed by atoms with Crippen LogP contribution in [0.15, 0.2) is 17.5 Å². The van der Waals surface area contributed by atoms with E-state index in [2.05, 4.69) is 15.3 Å². The Morgan fingerprint density at radius 2 is 1.87 bits per heavy atom. The molecule has 0 aliphatic carbocycles. The van der Waals surface area contributed by atoms with Crippen molar-refractivity contribution in [2.24, 2.45) is 5.92 Å². The third-order valence-electron chi connectivity index (χ3n) is 5.29. The molecule has 1 aliphatic heterocycles. The van der Waals surface area contributed by atoms with Gasteiger partial charge in [0.25, 0.3) is 5.91 Å². The summed E-state index contributed by atoms with van der Waals surface area (Å²) in [5.41, 5.74) is 0.504. The van der Waals surface area contributed by atoms with Crippen LogP contribution in [0.2, 0.25) is 0 Å². The van der Waals surface area contributed by atoms with E-state index in [0.717, 1.165) is 23.1 Å². The van der Waals surface area contributed by atoms with Gasteiger partial charge in [0.05, 0.1) is 10.6 Å². The maximum absolute atomic E-state index is 13.0. The number of alkyl halides is 3. The Labute approximate surface area is 184 Å². The van der Waals surface area contributed by atoms with Crippen LogP contribution < -0.4 is 5.32 Å². The number of hydrogen-bond donors (Lipinski definition) is 1. The standard InChI is InChI=1S/C20H19F3N4O2S2/c1-10-9-30-19(24-10)26-16(28)12-5-7-27(8-6-12)18(29)15-11(2)13-3-4-14(20(21,22)23)25-17(13)31-15/h3-4,9,12H,5-8H2,1-2H3,(H,24,26,28). The summed E-state index contributed by atoms with van der Waals surface area (Å²) in [7, 11) is 0. The van der Waals surface area contributed by atoms with E-state index in [-0.39, 0.29) is 22.6 Å². The largest absolute Gasteiger partial charge is 0.433 e. The normalized spacial score (nSPS) is 15.5. The first-order valence-corrected chi connectivity index (χ1v) is 11.3. The van der Waals surface area contributed by atoms with Crippen molar-refractivity contribution in [1.29, 1.82) is 0 Å². The third kappa shape index (κ3) is 4.42. The number of anilines is 1. The van der Waals surface area contributed by atoms with Crippen LogP contribution in [0.4, 0.5) is 18.3 Å². The molecule has 3 aromatic rings. The van der Waals surface area contributed by atoms with E-state index in [1.807, 2.05) is 12.3 Å². The number of halogens is 3. The summed E-state index contributed by atoms with van der Waals surface area (Å²) in [6, 6.07) is 2.30. The number of thiophene rings is 1. The number of nitrogens with one attached hydrogen (secondary N) is 1. The minimum absolute atomic E-state index is 0.108. The number of fused-ring (bicyclic) bond motifs is 1. The molecule has 0 bridgehead atoms. The van der Waals surface area contributed by atoms with E-state index in [0.29, 0.717) is 46.9 Å². The van der Waals surface area contributed by atoms with Crippen LogP contribution in [0, 0.1) is 19.8 Å². The van der Waals surface area contributed by atoms with Gasteiger partial charge in [0.15, 0.2) is 5.13 Å². The summed E-state index contributed by atoms with van der Waals surface area (Å²) in [4.78, 5) is 35.6. The van der Waals surface area contributed by atoms with Crippen molar-refractivity contribution in [2.45, 2.75) is 32.9 Å². The number of piperidine rings is 1. The number of rotatable bonds is 3. The average Bonchev–Trinajstić information content (AvgIpc) is 3.29. The fourth-order valence-electron chi connectivity index (χ4n) is 3.57. The summed E-state index contributed by atoms with van der Waals surface area (Å²) in [5.74, 6) is -0.556. The van der Waals surface area contributed by atoms with Crippen LogP contribution in [0.25, 0.3) is 10.2 Å². The fourth-order valence-corrected chi connectivity index (χ4v) is 5.41. The van der Waals surface area contributed by atoms with Gasteiger partial charge in [-0.05, 0) is 44.4 Å². The predicted molar refractivity (Wildman–Crippen MR) is 113 cm³/mol. The Morgan fingerprint density at radius 1 is 1.16 bits per heavy atom. The second-order valence-electron chi connectivity index (χ2n) is 7.45. The van der Waals surface area contributed by atoms with Crippen molar-refractivity contribution in [3.63, 3.8) is 0 Å². The van der Waals surface area contributed by atoms with Gasteiger partial charge < -0.3 is 10.2 Å². The van der Waals surface area contributed by atoms with Gasteiger partial charge in [-0.3, -0.25) is 9.59 Å². The number of aryl methyl sites for hydroxylation is 2. The zero-order valence-electron chi connectivity index (χ0n) is 16.7. The van der Waals surface area contributed by atoms with Crippen LogP contribution in [-0.2, 0) is 11.0 Å². The molecule has 1 N–H and O–H groups in total. The lowest BCUT2D eigenvalue weighted by Gasteiger charge is -2.31. The smallest absolute Gasteiger partial charge is 0.338 e. The van der Waals surface area contributed by atoms with Crippen LogP contribution >= 0.6 is 22.7 Å². The Morgan fingerprint density at radius 3 is 2.48 bits per heavy atom. The quantitative estimate of drug-likeness (QED) is 0.595. The SMILES string of the molecule is Cc1csc(NC(=O)C2CCN(C(=O)c3sc4nc(C(F)(F)F)ccc4c3C)CC2)n1. The highest BCUT2D eigenvalue weighted by Crippen LogP contribution is 2.35. The molecule has 1 fully saturated rings. The first-order chi connectivity index (χ1) is 14.6. The minimum atomic E-state index is -4.53. The van der Waals surface area contributed by atoms with E-state index in [1.165, 1.54) is 17.4 Å². The van der Waals surface area contributed by atoms with Gasteiger partial charge in [0.2, 0.25) is 5.91 Å². The predicted octanol–water partition coefficient (Wildman–Crippen LogP) is 4.88. The van der Waals surface area contributed by atoms with E-state index >= 15 is 0 Å². The second-order valence-corrected chi connectivity index (χ2v) is 9.31. The molecule has 0 saturated carbocycles. The number of aromatic nitrogens is 2. The molecule has 0 unspecified atom stereocenters. The van der Waals surface area contributed by atoms with Gasteiger partial charge in [0.1, 0.15) is 10.5 Å². The number of pyridine rings is 1. The van der Waals surface area contributed by atoms with E-state index in [4.69, 9.17) is 0 Å². The highest BCUT2D eigenvalue weighted by molar-refractivity contribution is 7.20. The highest BCUT2D eigenvalue weighted by Gasteiger charge is 2.34. The molecule has 164 valence electrons. The molecule has 4 rings (SSSR count). The number of carbonyl (C=O) groups is 2. The van der Waals surface area contributed by atoms with E-state index in [1.54, 1.807) is 11.8 Å². The average molecular weight is 469 g/mol. The number of hydrogen-bond acceptors (Lipinski definition) is 6. The molecule has 6 nitrogen and oxygen atoms in total. The molecule has 0 atom stereocenters. The molecule has 1 aliphatic rings. The second kappa shape index (κ2) is 8.19. The first-order valence-electron chi connectivity index (χ1n) is 9.63. The molecule has 4 heterocycles. The lowest BCUT2D eigenvalue weighted by molar-refractivity contribution is -0.140. The summed E-state index contributed by atoms with van der Waals surface area (Å²) in [6.45, 7) is 4.38. The van der Waals surface area contributed by atoms with Crippen LogP contribution in [-0.4, -0.2) is 39.8 Å². The molecule has 3 aromatic heterocycles. The molecule has 0 aromatic carbocycles. The topological polar surface area (TPSA) is 75.2 Å².